The third kappa shape index (κ3) is 33.0. The van der Waals surface area contributed by atoms with Crippen LogP contribution in [0.1, 0.15) is 166 Å². The Kier molecular flexibility index (Phi) is 49.1. The summed E-state index contributed by atoms with van der Waals surface area (Å²) in [6, 6.07) is 8.81. The van der Waals surface area contributed by atoms with E-state index in [-0.39, 0.29) is 0 Å². The molecule has 41 heavy (non-hydrogen) atoms. The van der Waals surface area contributed by atoms with Gasteiger partial charge in [-0.15, -0.1) is 0 Å². The summed E-state index contributed by atoms with van der Waals surface area (Å²) in [5.74, 6) is 1.75. The fraction of sp³-hybridized carbons (Fsp3) is 0.750. The van der Waals surface area contributed by atoms with E-state index in [0.29, 0.717) is 11.3 Å². The summed E-state index contributed by atoms with van der Waals surface area (Å²) in [5, 5.41) is 3.20. The molecule has 1 aromatic carbocycles. The van der Waals surface area contributed by atoms with Crippen LogP contribution < -0.4 is 5.32 Å². The predicted octanol–water partition coefficient (Wildman–Crippen LogP) is 13.8. The molecule has 0 spiro atoms. The van der Waals surface area contributed by atoms with Crippen LogP contribution in [0.25, 0.3) is 0 Å². The Balaban J connectivity index is -0.000000144. The number of benzene rings is 1. The molecule has 0 radical (unpaired) electrons. The summed E-state index contributed by atoms with van der Waals surface area (Å²) in [7, 11) is 2.01. The van der Waals surface area contributed by atoms with Crippen molar-refractivity contribution in [1.82, 2.24) is 5.32 Å². The molecule has 1 N–H and O–H groups in total. The van der Waals surface area contributed by atoms with Crippen LogP contribution in [0.3, 0.4) is 0 Å². The average molecular weight is 576 g/mol. The van der Waals surface area contributed by atoms with Gasteiger partial charge in [0.05, 0.1) is 0 Å². The molecule has 2 unspecified atom stereocenters. The quantitative estimate of drug-likeness (QED) is 0.289. The SMILES string of the molecule is C/C=C\C=C/C.CC.CC.CC.CCC.CCCC(C)(CC)C1CCCCC1.CNCC(C)Cc1ccc(C)cc1. The molecule has 0 bridgehead atoms. The van der Waals surface area contributed by atoms with Crippen LogP contribution in [0.5, 0.6) is 0 Å². The maximum Gasteiger partial charge on any atom is -0.00230 e. The minimum atomic E-state index is 0.662. The molecule has 2 rings (SSSR count). The van der Waals surface area contributed by atoms with Crippen LogP contribution in [-0.2, 0) is 6.42 Å². The van der Waals surface area contributed by atoms with Gasteiger partial charge < -0.3 is 5.32 Å². The maximum atomic E-state index is 3.20. The van der Waals surface area contributed by atoms with Gasteiger partial charge in [0.2, 0.25) is 0 Å². The van der Waals surface area contributed by atoms with Crippen molar-refractivity contribution in [3.8, 4) is 0 Å². The first-order valence-electron chi connectivity index (χ1n) is 17.7. The molecular weight excluding hydrogens is 494 g/mol. The fourth-order valence-electron chi connectivity index (χ4n) is 4.81. The number of allylic oxidation sites excluding steroid dienone is 4. The van der Waals surface area contributed by atoms with Gasteiger partial charge >= 0.3 is 0 Å². The van der Waals surface area contributed by atoms with E-state index in [1.54, 1.807) is 0 Å². The van der Waals surface area contributed by atoms with Crippen LogP contribution in [0.4, 0.5) is 0 Å². The summed E-state index contributed by atoms with van der Waals surface area (Å²) in [5.41, 5.74) is 3.44. The number of rotatable bonds is 9. The highest BCUT2D eigenvalue weighted by Gasteiger charge is 2.32. The van der Waals surface area contributed by atoms with Gasteiger partial charge in [0.1, 0.15) is 0 Å². The molecule has 0 saturated heterocycles. The molecule has 0 aromatic heterocycles. The van der Waals surface area contributed by atoms with Crippen molar-refractivity contribution in [3.05, 3.63) is 59.7 Å². The van der Waals surface area contributed by atoms with Crippen LogP contribution in [0, 0.1) is 24.2 Å². The number of nitrogens with one attached hydrogen (secondary N) is 1. The molecule has 0 amide bonds. The summed E-state index contributed by atoms with van der Waals surface area (Å²) >= 11 is 0. The minimum Gasteiger partial charge on any atom is -0.319 e. The van der Waals surface area contributed by atoms with Crippen LogP contribution >= 0.6 is 0 Å². The van der Waals surface area contributed by atoms with Gasteiger partial charge in [-0.25, -0.2) is 0 Å². The molecule has 1 heteroatoms. The number of hydrogen-bond donors (Lipinski definition) is 1. The maximum absolute atomic E-state index is 3.20. The molecule has 1 nitrogen and oxygen atoms in total. The minimum absolute atomic E-state index is 0.662. The van der Waals surface area contributed by atoms with E-state index in [1.165, 1.54) is 75.3 Å². The van der Waals surface area contributed by atoms with Crippen molar-refractivity contribution < 1.29 is 0 Å². The van der Waals surface area contributed by atoms with Crippen molar-refractivity contribution >= 4 is 0 Å². The lowest BCUT2D eigenvalue weighted by atomic mass is 9.66. The van der Waals surface area contributed by atoms with Crippen molar-refractivity contribution in [2.75, 3.05) is 13.6 Å². The van der Waals surface area contributed by atoms with E-state index < -0.39 is 0 Å². The zero-order valence-electron chi connectivity index (χ0n) is 31.6. The highest BCUT2D eigenvalue weighted by Crippen LogP contribution is 2.43. The Morgan fingerprint density at radius 3 is 1.61 bits per heavy atom. The van der Waals surface area contributed by atoms with Gasteiger partial charge in [-0.3, -0.25) is 0 Å². The van der Waals surface area contributed by atoms with Gasteiger partial charge in [-0.2, -0.15) is 0 Å². The van der Waals surface area contributed by atoms with Crippen molar-refractivity contribution in [2.45, 2.75) is 168 Å². The molecule has 1 aromatic rings. The molecule has 1 aliphatic carbocycles. The van der Waals surface area contributed by atoms with E-state index in [2.05, 4.69) is 78.0 Å². The van der Waals surface area contributed by atoms with E-state index >= 15 is 0 Å². The Hall–Kier alpha value is -1.34. The van der Waals surface area contributed by atoms with E-state index in [0.717, 1.165) is 12.5 Å². The van der Waals surface area contributed by atoms with Gasteiger partial charge in [-0.1, -0.05) is 176 Å². The lowest BCUT2D eigenvalue weighted by Gasteiger charge is -2.39. The van der Waals surface area contributed by atoms with Gasteiger partial charge in [0, 0.05) is 0 Å². The normalized spacial score (nSPS) is 14.3. The van der Waals surface area contributed by atoms with Crippen molar-refractivity contribution in [2.24, 2.45) is 17.3 Å². The second-order valence-electron chi connectivity index (χ2n) is 10.7. The molecular formula is C40H81N. The van der Waals surface area contributed by atoms with Gasteiger partial charge in [0.15, 0.2) is 0 Å². The Morgan fingerprint density at radius 2 is 1.27 bits per heavy atom. The van der Waals surface area contributed by atoms with Gasteiger partial charge in [0.25, 0.3) is 0 Å². The monoisotopic (exact) mass is 576 g/mol. The first-order valence-corrected chi connectivity index (χ1v) is 17.7. The topological polar surface area (TPSA) is 12.0 Å². The van der Waals surface area contributed by atoms with Crippen LogP contribution in [-0.4, -0.2) is 13.6 Å². The van der Waals surface area contributed by atoms with Crippen LogP contribution in [0.2, 0.25) is 0 Å². The standard InChI is InChI=1S/C13H26.C12H19N.C6H10.C3H8.3C2H6/c1-4-11-13(3,5-2)12-9-7-6-8-10-12;1-10-4-6-12(7-5-10)8-11(2)9-13-3;1-3-5-6-4-2;1-3-2;3*1-2/h12H,4-11H2,1-3H3;4-7,11,13H,8-9H2,1-3H3;3-6H,1-2H3;3H2,1-2H3;3*1-2H3/b;;5-3-,6-4-;;;;. The molecule has 0 heterocycles. The summed E-state index contributed by atoms with van der Waals surface area (Å²) in [4.78, 5) is 0. The molecule has 1 aliphatic rings. The molecule has 2 atom stereocenters. The molecule has 1 saturated carbocycles. The van der Waals surface area contributed by atoms with Gasteiger partial charge in [-0.05, 0) is 82.9 Å². The summed E-state index contributed by atoms with van der Waals surface area (Å²) < 4.78 is 0. The molecule has 1 fully saturated rings. The lowest BCUT2D eigenvalue weighted by Crippen LogP contribution is -2.28. The third-order valence-corrected chi connectivity index (χ3v) is 6.97. The van der Waals surface area contributed by atoms with Crippen molar-refractivity contribution in [3.63, 3.8) is 0 Å². The first-order chi connectivity index (χ1) is 19.8. The van der Waals surface area contributed by atoms with Crippen molar-refractivity contribution in [1.29, 1.82) is 0 Å². The highest BCUT2D eigenvalue weighted by atomic mass is 14.8. The second-order valence-corrected chi connectivity index (χ2v) is 10.7. The average Bonchev–Trinajstić information content (AvgIpc) is 3.02. The highest BCUT2D eigenvalue weighted by molar-refractivity contribution is 5.21. The molecule has 246 valence electrons. The van der Waals surface area contributed by atoms with E-state index in [1.807, 2.05) is 86.7 Å². The van der Waals surface area contributed by atoms with Crippen LogP contribution in [0.15, 0.2) is 48.6 Å². The lowest BCUT2D eigenvalue weighted by molar-refractivity contribution is 0.118. The van der Waals surface area contributed by atoms with E-state index in [9.17, 15) is 0 Å². The zero-order valence-corrected chi connectivity index (χ0v) is 31.6. The number of hydrogen-bond acceptors (Lipinski definition) is 1. The summed E-state index contributed by atoms with van der Waals surface area (Å²) in [6.45, 7) is 33.0. The first kappa shape index (κ1) is 49.3. The zero-order chi connectivity index (χ0) is 33.0. The Morgan fingerprint density at radius 1 is 0.829 bits per heavy atom. The largest absolute Gasteiger partial charge is 0.319 e. The Labute approximate surface area is 263 Å². The summed E-state index contributed by atoms with van der Waals surface area (Å²) in [6.07, 6.45) is 22.1. The number of aryl methyl sites for hydroxylation is 1. The fourth-order valence-corrected chi connectivity index (χ4v) is 4.81. The van der Waals surface area contributed by atoms with E-state index in [4.69, 9.17) is 0 Å². The molecule has 0 aliphatic heterocycles. The smallest absolute Gasteiger partial charge is 0.00230 e. The predicted molar refractivity (Wildman–Crippen MR) is 197 cm³/mol. The Bertz CT molecular complexity index is 596. The second kappa shape index (κ2) is 40.8. The third-order valence-electron chi connectivity index (χ3n) is 6.97.